The Kier molecular flexibility index (Phi) is 5.62. The summed E-state index contributed by atoms with van der Waals surface area (Å²) in [6.07, 6.45) is 8.08. The summed E-state index contributed by atoms with van der Waals surface area (Å²) in [6.45, 7) is 6.91. The molecule has 0 radical (unpaired) electrons. The zero-order valence-electron chi connectivity index (χ0n) is 10.6. The normalized spacial score (nSPS) is 30.4. The molecular formula is C13H28N2. The first-order valence-electron chi connectivity index (χ1n) is 6.69. The molecule has 3 N–H and O–H groups in total. The molecule has 0 aromatic rings. The second-order valence-electron chi connectivity index (χ2n) is 5.31. The van der Waals surface area contributed by atoms with E-state index >= 15 is 0 Å². The average molecular weight is 212 g/mol. The Morgan fingerprint density at radius 3 is 2.53 bits per heavy atom. The first-order valence-corrected chi connectivity index (χ1v) is 6.69. The highest BCUT2D eigenvalue weighted by Gasteiger charge is 2.31. The van der Waals surface area contributed by atoms with Crippen LogP contribution in [0.1, 0.15) is 59.3 Å². The predicted octanol–water partition coefficient (Wildman–Crippen LogP) is 3.08. The van der Waals surface area contributed by atoms with Crippen LogP contribution in [-0.2, 0) is 0 Å². The quantitative estimate of drug-likeness (QED) is 0.524. The van der Waals surface area contributed by atoms with Crippen molar-refractivity contribution >= 4 is 0 Å². The first kappa shape index (κ1) is 13.0. The van der Waals surface area contributed by atoms with Crippen molar-refractivity contribution in [3.8, 4) is 0 Å². The lowest BCUT2D eigenvalue weighted by Gasteiger charge is -2.28. The molecule has 0 aromatic carbocycles. The molecule has 0 aliphatic heterocycles. The number of hydrogen-bond acceptors (Lipinski definition) is 2. The summed E-state index contributed by atoms with van der Waals surface area (Å²) in [4.78, 5) is 0. The molecule has 0 heterocycles. The van der Waals surface area contributed by atoms with Crippen molar-refractivity contribution < 1.29 is 0 Å². The first-order chi connectivity index (χ1) is 7.22. The second kappa shape index (κ2) is 6.49. The van der Waals surface area contributed by atoms with Gasteiger partial charge in [-0.25, -0.2) is 0 Å². The molecule has 4 atom stereocenters. The van der Waals surface area contributed by atoms with Crippen LogP contribution < -0.4 is 11.3 Å². The summed E-state index contributed by atoms with van der Waals surface area (Å²) < 4.78 is 0. The molecule has 2 heteroatoms. The topological polar surface area (TPSA) is 38.0 Å². The van der Waals surface area contributed by atoms with Crippen molar-refractivity contribution in [2.75, 3.05) is 0 Å². The standard InChI is InChI=1S/C13H28N2/c1-4-6-10(3)13(15-14)12-8-7-11(5-2)9-12/h10-13,15H,4-9,14H2,1-3H3. The smallest absolute Gasteiger partial charge is 0.0264 e. The van der Waals surface area contributed by atoms with Gasteiger partial charge in [-0.15, -0.1) is 0 Å². The minimum atomic E-state index is 0.543. The van der Waals surface area contributed by atoms with Gasteiger partial charge in [0.2, 0.25) is 0 Å². The van der Waals surface area contributed by atoms with Crippen molar-refractivity contribution in [3.05, 3.63) is 0 Å². The van der Waals surface area contributed by atoms with Gasteiger partial charge in [0, 0.05) is 6.04 Å². The van der Waals surface area contributed by atoms with Crippen molar-refractivity contribution in [1.82, 2.24) is 5.43 Å². The second-order valence-corrected chi connectivity index (χ2v) is 5.31. The fourth-order valence-electron chi connectivity index (χ4n) is 3.21. The molecule has 0 spiro atoms. The van der Waals surface area contributed by atoms with Gasteiger partial charge >= 0.3 is 0 Å². The minimum Gasteiger partial charge on any atom is -0.271 e. The highest BCUT2D eigenvalue weighted by atomic mass is 15.2. The number of nitrogens with two attached hydrogens (primary N) is 1. The third-order valence-electron chi connectivity index (χ3n) is 4.22. The number of nitrogens with one attached hydrogen (secondary N) is 1. The Morgan fingerprint density at radius 1 is 1.33 bits per heavy atom. The van der Waals surface area contributed by atoms with E-state index in [0.29, 0.717) is 6.04 Å². The number of hydrogen-bond donors (Lipinski definition) is 2. The van der Waals surface area contributed by atoms with E-state index in [-0.39, 0.29) is 0 Å². The Balaban J connectivity index is 2.44. The summed E-state index contributed by atoms with van der Waals surface area (Å²) in [7, 11) is 0. The van der Waals surface area contributed by atoms with Gasteiger partial charge in [0.15, 0.2) is 0 Å². The van der Waals surface area contributed by atoms with E-state index in [1.807, 2.05) is 0 Å². The van der Waals surface area contributed by atoms with Crippen LogP contribution in [0.25, 0.3) is 0 Å². The molecule has 90 valence electrons. The molecule has 1 aliphatic rings. The Bertz CT molecular complexity index is 170. The molecule has 0 amide bonds. The maximum Gasteiger partial charge on any atom is 0.0264 e. The molecule has 0 aromatic heterocycles. The van der Waals surface area contributed by atoms with Gasteiger partial charge in [-0.1, -0.05) is 40.0 Å². The largest absolute Gasteiger partial charge is 0.271 e. The Morgan fingerprint density at radius 2 is 2.07 bits per heavy atom. The van der Waals surface area contributed by atoms with Gasteiger partial charge in [-0.3, -0.25) is 11.3 Å². The van der Waals surface area contributed by atoms with E-state index in [4.69, 9.17) is 5.84 Å². The van der Waals surface area contributed by atoms with Gasteiger partial charge in [0.25, 0.3) is 0 Å². The van der Waals surface area contributed by atoms with Crippen LogP contribution in [0.3, 0.4) is 0 Å². The van der Waals surface area contributed by atoms with Crippen molar-refractivity contribution in [2.45, 2.75) is 65.3 Å². The Labute approximate surface area is 95.0 Å². The van der Waals surface area contributed by atoms with Crippen LogP contribution >= 0.6 is 0 Å². The van der Waals surface area contributed by atoms with Crippen molar-refractivity contribution in [3.63, 3.8) is 0 Å². The lowest BCUT2D eigenvalue weighted by molar-refractivity contribution is 0.256. The summed E-state index contributed by atoms with van der Waals surface area (Å²) in [5.74, 6) is 8.22. The highest BCUT2D eigenvalue weighted by molar-refractivity contribution is 4.85. The van der Waals surface area contributed by atoms with E-state index in [1.165, 1.54) is 38.5 Å². The monoisotopic (exact) mass is 212 g/mol. The SMILES string of the molecule is CCCC(C)C(NN)C1CCC(CC)C1. The zero-order valence-corrected chi connectivity index (χ0v) is 10.6. The molecule has 4 unspecified atom stereocenters. The van der Waals surface area contributed by atoms with E-state index < -0.39 is 0 Å². The minimum absolute atomic E-state index is 0.543. The molecule has 1 saturated carbocycles. The van der Waals surface area contributed by atoms with E-state index in [1.54, 1.807) is 0 Å². The third kappa shape index (κ3) is 3.46. The van der Waals surface area contributed by atoms with Crippen LogP contribution in [-0.4, -0.2) is 6.04 Å². The van der Waals surface area contributed by atoms with E-state index in [0.717, 1.165) is 17.8 Å². The van der Waals surface area contributed by atoms with Crippen LogP contribution in [0.4, 0.5) is 0 Å². The van der Waals surface area contributed by atoms with Crippen molar-refractivity contribution in [2.24, 2.45) is 23.6 Å². The maximum atomic E-state index is 5.72. The maximum absolute atomic E-state index is 5.72. The molecule has 0 bridgehead atoms. The van der Waals surface area contributed by atoms with Gasteiger partial charge in [-0.2, -0.15) is 0 Å². The number of rotatable bonds is 6. The Hall–Kier alpha value is -0.0800. The average Bonchev–Trinajstić information content (AvgIpc) is 2.68. The van der Waals surface area contributed by atoms with Gasteiger partial charge in [0.1, 0.15) is 0 Å². The van der Waals surface area contributed by atoms with Gasteiger partial charge in [-0.05, 0) is 37.0 Å². The summed E-state index contributed by atoms with van der Waals surface area (Å²) in [6, 6.07) is 0.543. The molecule has 1 rings (SSSR count). The van der Waals surface area contributed by atoms with E-state index in [2.05, 4.69) is 26.2 Å². The molecule has 0 saturated heterocycles. The lowest BCUT2D eigenvalue weighted by atomic mass is 9.85. The molecule has 1 fully saturated rings. The fourth-order valence-corrected chi connectivity index (χ4v) is 3.21. The van der Waals surface area contributed by atoms with E-state index in [9.17, 15) is 0 Å². The molecular weight excluding hydrogens is 184 g/mol. The molecule has 1 aliphatic carbocycles. The molecule has 2 nitrogen and oxygen atoms in total. The lowest BCUT2D eigenvalue weighted by Crippen LogP contribution is -2.44. The van der Waals surface area contributed by atoms with Gasteiger partial charge in [0.05, 0.1) is 0 Å². The van der Waals surface area contributed by atoms with Crippen LogP contribution in [0, 0.1) is 17.8 Å². The summed E-state index contributed by atoms with van der Waals surface area (Å²) in [5, 5.41) is 0. The summed E-state index contributed by atoms with van der Waals surface area (Å²) >= 11 is 0. The summed E-state index contributed by atoms with van der Waals surface area (Å²) in [5.41, 5.74) is 3.07. The van der Waals surface area contributed by atoms with Gasteiger partial charge < -0.3 is 0 Å². The third-order valence-corrected chi connectivity index (χ3v) is 4.22. The van der Waals surface area contributed by atoms with Crippen LogP contribution in [0.5, 0.6) is 0 Å². The van der Waals surface area contributed by atoms with Crippen molar-refractivity contribution in [1.29, 1.82) is 0 Å². The predicted molar refractivity (Wildman–Crippen MR) is 66.3 cm³/mol. The highest BCUT2D eigenvalue weighted by Crippen LogP contribution is 2.37. The number of hydrazine groups is 1. The molecule has 15 heavy (non-hydrogen) atoms. The fraction of sp³-hybridized carbons (Fsp3) is 1.00. The van der Waals surface area contributed by atoms with Crippen LogP contribution in [0.2, 0.25) is 0 Å². The zero-order chi connectivity index (χ0) is 11.3. The van der Waals surface area contributed by atoms with Crippen LogP contribution in [0.15, 0.2) is 0 Å².